The van der Waals surface area contributed by atoms with E-state index in [2.05, 4.69) is 13.2 Å². The number of hydrogen-bond donors (Lipinski definition) is 0. The zero-order valence-corrected chi connectivity index (χ0v) is 11.8. The summed E-state index contributed by atoms with van der Waals surface area (Å²) in [6.07, 6.45) is 5.47. The zero-order chi connectivity index (χ0) is 14.0. The van der Waals surface area contributed by atoms with E-state index in [0.717, 1.165) is 12.8 Å². The Hall–Kier alpha value is -1.29. The number of ether oxygens (including phenoxy) is 1. The van der Waals surface area contributed by atoms with Gasteiger partial charge in [-0.1, -0.05) is 12.2 Å². The van der Waals surface area contributed by atoms with Crippen molar-refractivity contribution in [1.82, 2.24) is 5.06 Å². The number of hydrogen-bond acceptors (Lipinski definition) is 3. The van der Waals surface area contributed by atoms with Gasteiger partial charge >= 0.3 is 6.09 Å². The lowest BCUT2D eigenvalue weighted by Crippen LogP contribution is -2.37. The van der Waals surface area contributed by atoms with Gasteiger partial charge in [-0.25, -0.2) is 4.79 Å². The van der Waals surface area contributed by atoms with E-state index >= 15 is 0 Å². The second kappa shape index (κ2) is 8.75. The van der Waals surface area contributed by atoms with E-state index in [1.54, 1.807) is 6.08 Å². The van der Waals surface area contributed by atoms with Crippen molar-refractivity contribution in [2.45, 2.75) is 45.6 Å². The summed E-state index contributed by atoms with van der Waals surface area (Å²) < 4.78 is 5.26. The number of unbranched alkanes of at least 4 members (excludes halogenated alkanes) is 1. The number of carbonyl (C=O) groups excluding carboxylic acids is 1. The van der Waals surface area contributed by atoms with E-state index in [0.29, 0.717) is 19.6 Å². The molecule has 0 radical (unpaired) electrons. The molecule has 0 aromatic rings. The summed E-state index contributed by atoms with van der Waals surface area (Å²) in [5, 5.41) is 1.26. The van der Waals surface area contributed by atoms with Crippen LogP contribution in [0.3, 0.4) is 0 Å². The summed E-state index contributed by atoms with van der Waals surface area (Å²) in [5.74, 6) is 0. The fourth-order valence-corrected chi connectivity index (χ4v) is 1.13. The van der Waals surface area contributed by atoms with Crippen LogP contribution in [0, 0.1) is 0 Å². The Kier molecular flexibility index (Phi) is 8.12. The average molecular weight is 255 g/mol. The molecule has 0 fully saturated rings. The highest BCUT2D eigenvalue weighted by Gasteiger charge is 2.22. The van der Waals surface area contributed by atoms with Crippen LogP contribution in [-0.2, 0) is 9.57 Å². The highest BCUT2D eigenvalue weighted by Crippen LogP contribution is 2.11. The third-order valence-corrected chi connectivity index (χ3v) is 1.93. The summed E-state index contributed by atoms with van der Waals surface area (Å²) in [4.78, 5) is 17.3. The molecule has 0 unspecified atom stereocenters. The minimum atomic E-state index is -0.520. The largest absolute Gasteiger partial charge is 0.442 e. The molecule has 1 amide bonds. The number of allylic oxidation sites excluding steroid dienone is 1. The van der Waals surface area contributed by atoms with Crippen molar-refractivity contribution in [3.05, 3.63) is 25.3 Å². The topological polar surface area (TPSA) is 38.8 Å². The SMILES string of the molecule is C=CCCCON(CCC=C)C(=O)OC(C)(C)C. The molecule has 18 heavy (non-hydrogen) atoms. The van der Waals surface area contributed by atoms with Gasteiger partial charge in [0, 0.05) is 0 Å². The highest BCUT2D eigenvalue weighted by molar-refractivity contribution is 5.66. The van der Waals surface area contributed by atoms with Gasteiger partial charge in [-0.15, -0.1) is 13.2 Å². The van der Waals surface area contributed by atoms with Gasteiger partial charge in [-0.2, -0.15) is 5.06 Å². The second-order valence-electron chi connectivity index (χ2n) is 4.92. The lowest BCUT2D eigenvalue weighted by molar-refractivity contribution is -0.146. The van der Waals surface area contributed by atoms with Crippen LogP contribution in [-0.4, -0.2) is 29.9 Å². The van der Waals surface area contributed by atoms with Crippen LogP contribution in [0.4, 0.5) is 4.79 Å². The van der Waals surface area contributed by atoms with E-state index in [9.17, 15) is 4.79 Å². The van der Waals surface area contributed by atoms with E-state index < -0.39 is 11.7 Å². The van der Waals surface area contributed by atoms with Crippen molar-refractivity contribution < 1.29 is 14.4 Å². The number of rotatable bonds is 8. The Morgan fingerprint density at radius 3 is 2.33 bits per heavy atom. The molecule has 0 aliphatic heterocycles. The summed E-state index contributed by atoms with van der Waals surface area (Å²) in [5.41, 5.74) is -0.520. The van der Waals surface area contributed by atoms with Crippen LogP contribution in [0.25, 0.3) is 0 Å². The number of carbonyl (C=O) groups is 1. The molecule has 104 valence electrons. The van der Waals surface area contributed by atoms with Crippen molar-refractivity contribution in [1.29, 1.82) is 0 Å². The molecular formula is C14H25NO3. The minimum Gasteiger partial charge on any atom is -0.442 e. The third kappa shape index (κ3) is 8.82. The Morgan fingerprint density at radius 2 is 1.83 bits per heavy atom. The van der Waals surface area contributed by atoms with Crippen LogP contribution in [0.1, 0.15) is 40.0 Å². The molecule has 0 rings (SSSR count). The first kappa shape index (κ1) is 16.7. The third-order valence-electron chi connectivity index (χ3n) is 1.93. The Labute approximate surface area is 110 Å². The van der Waals surface area contributed by atoms with Crippen molar-refractivity contribution in [2.24, 2.45) is 0 Å². The molecule has 0 saturated heterocycles. The molecule has 0 aromatic heterocycles. The van der Waals surface area contributed by atoms with Crippen LogP contribution in [0.5, 0.6) is 0 Å². The molecule has 0 N–H and O–H groups in total. The van der Waals surface area contributed by atoms with E-state index in [1.165, 1.54) is 5.06 Å². The van der Waals surface area contributed by atoms with Gasteiger partial charge in [0.2, 0.25) is 0 Å². The Balaban J connectivity index is 4.23. The first-order valence-corrected chi connectivity index (χ1v) is 6.26. The standard InChI is InChI=1S/C14H25NO3/c1-6-8-10-12-17-15(11-9-7-2)13(16)18-14(3,4)5/h6-7H,1-2,8-12H2,3-5H3. The molecule has 0 saturated carbocycles. The molecule has 0 heterocycles. The number of nitrogens with zero attached hydrogens (tertiary/aromatic N) is 1. The maximum Gasteiger partial charge on any atom is 0.434 e. The molecule has 0 aliphatic rings. The molecule has 0 atom stereocenters. The molecule has 0 aromatic carbocycles. The first-order valence-electron chi connectivity index (χ1n) is 6.26. The first-order chi connectivity index (χ1) is 8.40. The molecule has 4 nitrogen and oxygen atoms in total. The highest BCUT2D eigenvalue weighted by atomic mass is 16.7. The zero-order valence-electron chi connectivity index (χ0n) is 11.8. The molecule has 0 bridgehead atoms. The van der Waals surface area contributed by atoms with E-state index in [4.69, 9.17) is 9.57 Å². The van der Waals surface area contributed by atoms with Crippen LogP contribution >= 0.6 is 0 Å². The van der Waals surface area contributed by atoms with Gasteiger partial charge in [0.05, 0.1) is 13.2 Å². The number of hydroxylamine groups is 2. The van der Waals surface area contributed by atoms with Crippen molar-refractivity contribution in [3.63, 3.8) is 0 Å². The fourth-order valence-electron chi connectivity index (χ4n) is 1.13. The molecular weight excluding hydrogens is 230 g/mol. The van der Waals surface area contributed by atoms with E-state index in [1.807, 2.05) is 26.8 Å². The summed E-state index contributed by atoms with van der Waals surface area (Å²) >= 11 is 0. The van der Waals surface area contributed by atoms with Gasteiger partial charge in [-0.05, 0) is 40.0 Å². The van der Waals surface area contributed by atoms with Crippen LogP contribution < -0.4 is 0 Å². The van der Waals surface area contributed by atoms with Crippen LogP contribution in [0.15, 0.2) is 25.3 Å². The number of amides is 1. The average Bonchev–Trinajstić information content (AvgIpc) is 2.25. The van der Waals surface area contributed by atoms with Gasteiger partial charge in [0.25, 0.3) is 0 Å². The predicted molar refractivity (Wildman–Crippen MR) is 73.1 cm³/mol. The summed E-state index contributed by atoms with van der Waals surface area (Å²) in [6, 6.07) is 0. The second-order valence-corrected chi connectivity index (χ2v) is 4.92. The maximum atomic E-state index is 11.9. The molecule has 0 spiro atoms. The lowest BCUT2D eigenvalue weighted by atomic mass is 10.2. The van der Waals surface area contributed by atoms with Gasteiger partial charge in [-0.3, -0.25) is 4.84 Å². The van der Waals surface area contributed by atoms with Crippen molar-refractivity contribution >= 4 is 6.09 Å². The molecule has 0 aliphatic carbocycles. The Morgan fingerprint density at radius 1 is 1.22 bits per heavy atom. The van der Waals surface area contributed by atoms with E-state index in [-0.39, 0.29) is 0 Å². The summed E-state index contributed by atoms with van der Waals surface area (Å²) in [7, 11) is 0. The maximum absolute atomic E-state index is 11.9. The normalized spacial score (nSPS) is 10.8. The fraction of sp³-hybridized carbons (Fsp3) is 0.643. The lowest BCUT2D eigenvalue weighted by Gasteiger charge is -2.26. The quantitative estimate of drug-likeness (QED) is 0.377. The monoisotopic (exact) mass is 255 g/mol. The Bertz CT molecular complexity index is 269. The van der Waals surface area contributed by atoms with Crippen molar-refractivity contribution in [3.8, 4) is 0 Å². The van der Waals surface area contributed by atoms with Gasteiger partial charge < -0.3 is 4.74 Å². The summed E-state index contributed by atoms with van der Waals surface area (Å²) in [6.45, 7) is 13.7. The smallest absolute Gasteiger partial charge is 0.434 e. The predicted octanol–water partition coefficient (Wildman–Crippen LogP) is 3.70. The van der Waals surface area contributed by atoms with Crippen molar-refractivity contribution in [2.75, 3.05) is 13.2 Å². The minimum absolute atomic E-state index is 0.451. The molecule has 4 heteroatoms. The van der Waals surface area contributed by atoms with Crippen LogP contribution in [0.2, 0.25) is 0 Å². The van der Waals surface area contributed by atoms with Gasteiger partial charge in [0.15, 0.2) is 0 Å². The van der Waals surface area contributed by atoms with Gasteiger partial charge in [0.1, 0.15) is 5.60 Å².